The summed E-state index contributed by atoms with van der Waals surface area (Å²) in [4.78, 5) is 2.67. The zero-order chi connectivity index (χ0) is 11.5. The van der Waals surface area contributed by atoms with Gasteiger partial charge in [0.25, 0.3) is 0 Å². The van der Waals surface area contributed by atoms with E-state index >= 15 is 0 Å². The quantitative estimate of drug-likeness (QED) is 0.745. The topological polar surface area (TPSA) is 32.7 Å². The molecule has 0 amide bonds. The van der Waals surface area contributed by atoms with E-state index in [2.05, 4.69) is 4.90 Å². The smallest absolute Gasteiger partial charge is 0.0657 e. The highest BCUT2D eigenvalue weighted by Gasteiger charge is 2.55. The first-order valence-corrected chi connectivity index (χ1v) is 7.28. The molecule has 5 rings (SSSR count). The average Bonchev–Trinajstić information content (AvgIpc) is 2.27. The van der Waals surface area contributed by atoms with Crippen LogP contribution in [0, 0.1) is 17.8 Å². The molecule has 3 unspecified atom stereocenters. The van der Waals surface area contributed by atoms with E-state index in [0.29, 0.717) is 0 Å². The van der Waals surface area contributed by atoms with Crippen LogP contribution in [0.15, 0.2) is 0 Å². The number of hydrogen-bond donors (Lipinski definition) is 1. The van der Waals surface area contributed by atoms with Crippen LogP contribution in [0.1, 0.15) is 32.1 Å². The van der Waals surface area contributed by atoms with E-state index in [4.69, 9.17) is 4.74 Å². The summed E-state index contributed by atoms with van der Waals surface area (Å²) in [6.45, 7) is 4.04. The van der Waals surface area contributed by atoms with E-state index < -0.39 is 0 Å². The maximum absolute atomic E-state index is 10.6. The standard InChI is InChI=1S/C14H23NO2/c16-14-7-10-5-11(8-14)13(12(6-10)9-14)15-1-3-17-4-2-15/h10-13,16H,1-9H2/t10?,11-,12+,13?,14?. The van der Waals surface area contributed by atoms with Crippen LogP contribution >= 0.6 is 0 Å². The minimum absolute atomic E-state index is 0.278. The predicted octanol–water partition coefficient (Wildman–Crippen LogP) is 1.26. The molecule has 4 bridgehead atoms. The van der Waals surface area contributed by atoms with E-state index in [9.17, 15) is 5.11 Å². The minimum Gasteiger partial charge on any atom is -0.390 e. The molecule has 3 nitrogen and oxygen atoms in total. The summed E-state index contributed by atoms with van der Waals surface area (Å²) in [7, 11) is 0. The molecule has 4 aliphatic carbocycles. The molecule has 1 aliphatic heterocycles. The highest BCUT2D eigenvalue weighted by molar-refractivity contribution is 5.08. The second-order valence-corrected chi connectivity index (χ2v) is 6.83. The highest BCUT2D eigenvalue weighted by atomic mass is 16.5. The number of rotatable bonds is 1. The average molecular weight is 237 g/mol. The molecule has 3 heteroatoms. The molecule has 1 heterocycles. The van der Waals surface area contributed by atoms with Gasteiger partial charge < -0.3 is 9.84 Å². The van der Waals surface area contributed by atoms with Crippen molar-refractivity contribution in [2.75, 3.05) is 26.3 Å². The molecular formula is C14H23NO2. The van der Waals surface area contributed by atoms with Crippen molar-refractivity contribution >= 4 is 0 Å². The van der Waals surface area contributed by atoms with Crippen LogP contribution in [-0.2, 0) is 4.74 Å². The number of ether oxygens (including phenoxy) is 1. The molecule has 5 atom stereocenters. The van der Waals surface area contributed by atoms with Crippen LogP contribution in [0.25, 0.3) is 0 Å². The van der Waals surface area contributed by atoms with Gasteiger partial charge in [-0.1, -0.05) is 0 Å². The van der Waals surface area contributed by atoms with Gasteiger partial charge in [0.1, 0.15) is 0 Å². The molecule has 17 heavy (non-hydrogen) atoms. The van der Waals surface area contributed by atoms with E-state index in [0.717, 1.165) is 69.4 Å². The van der Waals surface area contributed by atoms with E-state index in [-0.39, 0.29) is 5.60 Å². The predicted molar refractivity (Wildman–Crippen MR) is 64.7 cm³/mol. The fraction of sp³-hybridized carbons (Fsp3) is 1.00. The van der Waals surface area contributed by atoms with Crippen LogP contribution in [0.4, 0.5) is 0 Å². The summed E-state index contributed by atoms with van der Waals surface area (Å²) in [5.74, 6) is 2.36. The van der Waals surface area contributed by atoms with Crippen molar-refractivity contribution in [1.82, 2.24) is 4.90 Å². The summed E-state index contributed by atoms with van der Waals surface area (Å²) < 4.78 is 5.47. The number of hydrogen-bond acceptors (Lipinski definition) is 3. The molecule has 0 aromatic rings. The summed E-state index contributed by atoms with van der Waals surface area (Å²) in [6, 6.07) is 0.760. The van der Waals surface area contributed by atoms with Crippen LogP contribution in [-0.4, -0.2) is 48.0 Å². The molecule has 5 fully saturated rings. The fourth-order valence-electron chi connectivity index (χ4n) is 5.43. The van der Waals surface area contributed by atoms with Crippen LogP contribution in [0.5, 0.6) is 0 Å². The fourth-order valence-corrected chi connectivity index (χ4v) is 5.43. The molecule has 0 aromatic heterocycles. The number of morpholine rings is 1. The molecular weight excluding hydrogens is 214 g/mol. The lowest BCUT2D eigenvalue weighted by atomic mass is 9.52. The summed E-state index contributed by atoms with van der Waals surface area (Å²) in [5, 5.41) is 10.6. The molecule has 0 aromatic carbocycles. The summed E-state index contributed by atoms with van der Waals surface area (Å²) in [5.41, 5.74) is -0.278. The molecule has 0 spiro atoms. The van der Waals surface area contributed by atoms with E-state index in [1.807, 2.05) is 0 Å². The van der Waals surface area contributed by atoms with Gasteiger partial charge in [0.05, 0.1) is 18.8 Å². The number of aliphatic hydroxyl groups is 1. The van der Waals surface area contributed by atoms with Gasteiger partial charge in [-0.05, 0) is 49.9 Å². The van der Waals surface area contributed by atoms with Gasteiger partial charge in [0.15, 0.2) is 0 Å². The number of nitrogens with zero attached hydrogens (tertiary/aromatic N) is 1. The second-order valence-electron chi connectivity index (χ2n) is 6.83. The molecule has 96 valence electrons. The Labute approximate surface area is 103 Å². The van der Waals surface area contributed by atoms with E-state index in [1.54, 1.807) is 0 Å². The van der Waals surface area contributed by atoms with Crippen molar-refractivity contribution in [2.45, 2.75) is 43.7 Å². The van der Waals surface area contributed by atoms with Gasteiger partial charge in [-0.25, -0.2) is 0 Å². The maximum atomic E-state index is 10.6. The van der Waals surface area contributed by atoms with Crippen molar-refractivity contribution in [3.05, 3.63) is 0 Å². The first kappa shape index (κ1) is 10.8. The van der Waals surface area contributed by atoms with Gasteiger partial charge in [-0.15, -0.1) is 0 Å². The lowest BCUT2D eigenvalue weighted by molar-refractivity contribution is -0.167. The molecule has 5 aliphatic rings. The maximum Gasteiger partial charge on any atom is 0.0657 e. The zero-order valence-electron chi connectivity index (χ0n) is 10.5. The van der Waals surface area contributed by atoms with Crippen LogP contribution in [0.2, 0.25) is 0 Å². The van der Waals surface area contributed by atoms with Gasteiger partial charge in [0, 0.05) is 19.1 Å². The lowest BCUT2D eigenvalue weighted by Crippen LogP contribution is -2.63. The van der Waals surface area contributed by atoms with Gasteiger partial charge in [-0.3, -0.25) is 4.90 Å². The molecule has 4 saturated carbocycles. The third kappa shape index (κ3) is 1.66. The van der Waals surface area contributed by atoms with Gasteiger partial charge in [0.2, 0.25) is 0 Å². The third-order valence-corrected chi connectivity index (χ3v) is 5.66. The molecule has 1 saturated heterocycles. The second kappa shape index (κ2) is 3.69. The largest absolute Gasteiger partial charge is 0.390 e. The Morgan fingerprint density at radius 2 is 1.65 bits per heavy atom. The Kier molecular flexibility index (Phi) is 2.34. The highest BCUT2D eigenvalue weighted by Crippen LogP contribution is 2.56. The van der Waals surface area contributed by atoms with Gasteiger partial charge in [-0.2, -0.15) is 0 Å². The van der Waals surface area contributed by atoms with Crippen molar-refractivity contribution < 1.29 is 9.84 Å². The van der Waals surface area contributed by atoms with Crippen molar-refractivity contribution in [2.24, 2.45) is 17.8 Å². The first-order chi connectivity index (χ1) is 8.23. The summed E-state index contributed by atoms with van der Waals surface area (Å²) in [6.07, 6.45) is 5.99. The normalized spacial score (nSPS) is 54.2. The molecule has 1 N–H and O–H groups in total. The Morgan fingerprint density at radius 1 is 1.00 bits per heavy atom. The van der Waals surface area contributed by atoms with Crippen LogP contribution < -0.4 is 0 Å². The Hall–Kier alpha value is -0.120. The summed E-state index contributed by atoms with van der Waals surface area (Å²) >= 11 is 0. The minimum atomic E-state index is -0.278. The zero-order valence-corrected chi connectivity index (χ0v) is 10.5. The Balaban J connectivity index is 1.57. The Bertz CT molecular complexity index is 297. The van der Waals surface area contributed by atoms with Crippen LogP contribution in [0.3, 0.4) is 0 Å². The first-order valence-electron chi connectivity index (χ1n) is 7.28. The third-order valence-electron chi connectivity index (χ3n) is 5.66. The lowest BCUT2D eigenvalue weighted by Gasteiger charge is -2.60. The monoisotopic (exact) mass is 237 g/mol. The SMILES string of the molecule is OC12CC3C[C@H](C1)C(N1CCOCC1)[C@@H](C3)C2. The van der Waals surface area contributed by atoms with Crippen molar-refractivity contribution in [3.63, 3.8) is 0 Å². The van der Waals surface area contributed by atoms with Gasteiger partial charge >= 0.3 is 0 Å². The van der Waals surface area contributed by atoms with Crippen molar-refractivity contribution in [1.29, 1.82) is 0 Å². The van der Waals surface area contributed by atoms with E-state index in [1.165, 1.54) is 12.8 Å². The Morgan fingerprint density at radius 3 is 2.24 bits per heavy atom. The molecule has 0 radical (unpaired) electrons. The van der Waals surface area contributed by atoms with Crippen molar-refractivity contribution in [3.8, 4) is 0 Å².